The first-order valence-corrected chi connectivity index (χ1v) is 4.93. The zero-order valence-electron chi connectivity index (χ0n) is 9.37. The Morgan fingerprint density at radius 1 is 1.53 bits per heavy atom. The second kappa shape index (κ2) is 5.38. The fraction of sp³-hybridized carbons (Fsp3) is 0.417. The molecule has 0 radical (unpaired) electrons. The summed E-state index contributed by atoms with van der Waals surface area (Å²) in [5, 5.41) is 12.1. The molecule has 0 fully saturated rings. The lowest BCUT2D eigenvalue weighted by Crippen LogP contribution is -2.20. The zero-order chi connectivity index (χ0) is 11.3. The van der Waals surface area contributed by atoms with Gasteiger partial charge in [0, 0.05) is 18.8 Å². The minimum atomic E-state index is 0.266. The third kappa shape index (κ3) is 3.26. The van der Waals surface area contributed by atoms with Gasteiger partial charge in [0.2, 0.25) is 0 Å². The molecule has 0 amide bonds. The van der Waals surface area contributed by atoms with Gasteiger partial charge in [-0.25, -0.2) is 0 Å². The summed E-state index contributed by atoms with van der Waals surface area (Å²) in [7, 11) is 1.68. The van der Waals surface area contributed by atoms with E-state index in [0.29, 0.717) is 6.61 Å². The average molecular weight is 204 g/mol. The summed E-state index contributed by atoms with van der Waals surface area (Å²) >= 11 is 0. The predicted molar refractivity (Wildman–Crippen MR) is 60.9 cm³/mol. The predicted octanol–water partition coefficient (Wildman–Crippen LogP) is 2.31. The molecule has 0 heterocycles. The van der Waals surface area contributed by atoms with Crippen molar-refractivity contribution in [3.8, 4) is 6.07 Å². The highest BCUT2D eigenvalue weighted by molar-refractivity contribution is 5.51. The Labute approximate surface area is 90.7 Å². The van der Waals surface area contributed by atoms with Crippen molar-refractivity contribution < 1.29 is 4.74 Å². The van der Waals surface area contributed by atoms with Gasteiger partial charge in [-0.3, -0.25) is 0 Å². The number of anilines is 1. The number of aryl methyl sites for hydroxylation is 1. The highest BCUT2D eigenvalue weighted by Gasteiger charge is 2.03. The smallest absolute Gasteiger partial charge is 0.0994 e. The molecule has 0 aliphatic rings. The van der Waals surface area contributed by atoms with Crippen LogP contribution in [0.25, 0.3) is 0 Å². The van der Waals surface area contributed by atoms with Gasteiger partial charge in [-0.15, -0.1) is 0 Å². The maximum atomic E-state index is 8.79. The molecule has 15 heavy (non-hydrogen) atoms. The number of benzene rings is 1. The largest absolute Gasteiger partial charge is 0.383 e. The maximum Gasteiger partial charge on any atom is 0.0994 e. The molecule has 1 aromatic rings. The number of nitrogens with zero attached hydrogens (tertiary/aromatic N) is 1. The van der Waals surface area contributed by atoms with Gasteiger partial charge in [-0.05, 0) is 37.6 Å². The standard InChI is InChI=1S/C12H16N2O/c1-9-6-12(5-4-11(9)7-13)14-10(2)8-15-3/h4-6,10,14H,8H2,1-3H3. The van der Waals surface area contributed by atoms with E-state index >= 15 is 0 Å². The number of methoxy groups -OCH3 is 1. The monoisotopic (exact) mass is 204 g/mol. The van der Waals surface area contributed by atoms with Gasteiger partial charge in [0.15, 0.2) is 0 Å². The van der Waals surface area contributed by atoms with Crippen molar-refractivity contribution in [1.29, 1.82) is 5.26 Å². The van der Waals surface area contributed by atoms with Crippen molar-refractivity contribution in [2.45, 2.75) is 19.9 Å². The fourth-order valence-corrected chi connectivity index (χ4v) is 1.46. The number of nitriles is 1. The molecule has 3 nitrogen and oxygen atoms in total. The Morgan fingerprint density at radius 3 is 2.80 bits per heavy atom. The quantitative estimate of drug-likeness (QED) is 0.818. The van der Waals surface area contributed by atoms with Crippen LogP contribution in [0.15, 0.2) is 18.2 Å². The van der Waals surface area contributed by atoms with Gasteiger partial charge in [0.1, 0.15) is 0 Å². The molecule has 3 heteroatoms. The van der Waals surface area contributed by atoms with E-state index in [1.807, 2.05) is 25.1 Å². The van der Waals surface area contributed by atoms with E-state index in [-0.39, 0.29) is 6.04 Å². The summed E-state index contributed by atoms with van der Waals surface area (Å²) in [6.07, 6.45) is 0. The van der Waals surface area contributed by atoms with E-state index in [4.69, 9.17) is 10.00 Å². The Balaban J connectivity index is 2.72. The van der Waals surface area contributed by atoms with Crippen LogP contribution in [0.3, 0.4) is 0 Å². The minimum Gasteiger partial charge on any atom is -0.383 e. The van der Waals surface area contributed by atoms with Crippen LogP contribution in [0.4, 0.5) is 5.69 Å². The molecule has 0 aromatic heterocycles. The van der Waals surface area contributed by atoms with Crippen LogP contribution in [0.2, 0.25) is 0 Å². The molecule has 0 aliphatic carbocycles. The van der Waals surface area contributed by atoms with Gasteiger partial charge in [0.05, 0.1) is 18.2 Å². The normalized spacial score (nSPS) is 11.9. The molecule has 1 aromatic carbocycles. The van der Waals surface area contributed by atoms with Crippen molar-refractivity contribution in [2.24, 2.45) is 0 Å². The van der Waals surface area contributed by atoms with Crippen LogP contribution >= 0.6 is 0 Å². The molecule has 1 rings (SSSR count). The Morgan fingerprint density at radius 2 is 2.27 bits per heavy atom. The van der Waals surface area contributed by atoms with Crippen molar-refractivity contribution in [1.82, 2.24) is 0 Å². The second-order valence-corrected chi connectivity index (χ2v) is 3.64. The molecule has 0 saturated heterocycles. The van der Waals surface area contributed by atoms with Gasteiger partial charge < -0.3 is 10.1 Å². The van der Waals surface area contributed by atoms with E-state index in [2.05, 4.69) is 18.3 Å². The van der Waals surface area contributed by atoms with E-state index in [0.717, 1.165) is 16.8 Å². The SMILES string of the molecule is COCC(C)Nc1ccc(C#N)c(C)c1. The maximum absolute atomic E-state index is 8.79. The Kier molecular flexibility index (Phi) is 4.14. The first-order chi connectivity index (χ1) is 7.17. The molecule has 80 valence electrons. The molecule has 0 aliphatic heterocycles. The van der Waals surface area contributed by atoms with Crippen molar-refractivity contribution in [3.05, 3.63) is 29.3 Å². The van der Waals surface area contributed by atoms with E-state index in [1.165, 1.54) is 0 Å². The molecule has 1 unspecified atom stereocenters. The average Bonchev–Trinajstić information content (AvgIpc) is 2.18. The Hall–Kier alpha value is -1.53. The highest BCUT2D eigenvalue weighted by Crippen LogP contribution is 2.15. The van der Waals surface area contributed by atoms with Crippen LogP contribution in [0.1, 0.15) is 18.1 Å². The summed E-state index contributed by atoms with van der Waals surface area (Å²) in [6.45, 7) is 4.65. The van der Waals surface area contributed by atoms with Crippen molar-refractivity contribution in [3.63, 3.8) is 0 Å². The van der Waals surface area contributed by atoms with E-state index in [9.17, 15) is 0 Å². The molecule has 1 N–H and O–H groups in total. The number of ether oxygens (including phenoxy) is 1. The first kappa shape index (κ1) is 11.5. The second-order valence-electron chi connectivity index (χ2n) is 3.64. The van der Waals surface area contributed by atoms with Crippen molar-refractivity contribution in [2.75, 3.05) is 19.0 Å². The topological polar surface area (TPSA) is 45.0 Å². The van der Waals surface area contributed by atoms with Crippen LogP contribution in [0, 0.1) is 18.3 Å². The molecule has 0 saturated carbocycles. The van der Waals surface area contributed by atoms with Crippen molar-refractivity contribution >= 4 is 5.69 Å². The minimum absolute atomic E-state index is 0.266. The molecule has 1 atom stereocenters. The van der Waals surface area contributed by atoms with Gasteiger partial charge in [0.25, 0.3) is 0 Å². The molecular formula is C12H16N2O. The van der Waals surface area contributed by atoms with Gasteiger partial charge >= 0.3 is 0 Å². The lowest BCUT2D eigenvalue weighted by Gasteiger charge is -2.14. The summed E-state index contributed by atoms with van der Waals surface area (Å²) < 4.78 is 5.04. The van der Waals surface area contributed by atoms with Crippen LogP contribution < -0.4 is 5.32 Å². The van der Waals surface area contributed by atoms with Gasteiger partial charge in [-0.2, -0.15) is 5.26 Å². The van der Waals surface area contributed by atoms with E-state index < -0.39 is 0 Å². The van der Waals surface area contributed by atoms with Gasteiger partial charge in [-0.1, -0.05) is 0 Å². The number of hydrogen-bond acceptors (Lipinski definition) is 3. The summed E-state index contributed by atoms with van der Waals surface area (Å²) in [6, 6.07) is 8.14. The lowest BCUT2D eigenvalue weighted by atomic mass is 10.1. The zero-order valence-corrected chi connectivity index (χ0v) is 9.37. The summed E-state index contributed by atoms with van der Waals surface area (Å²) in [5.41, 5.74) is 2.74. The third-order valence-corrected chi connectivity index (χ3v) is 2.18. The first-order valence-electron chi connectivity index (χ1n) is 4.93. The molecular weight excluding hydrogens is 188 g/mol. The summed E-state index contributed by atoms with van der Waals surface area (Å²) in [4.78, 5) is 0. The third-order valence-electron chi connectivity index (χ3n) is 2.18. The van der Waals surface area contributed by atoms with E-state index in [1.54, 1.807) is 7.11 Å². The van der Waals surface area contributed by atoms with Crippen LogP contribution in [0.5, 0.6) is 0 Å². The Bertz CT molecular complexity index is 368. The molecule has 0 spiro atoms. The number of rotatable bonds is 4. The highest BCUT2D eigenvalue weighted by atomic mass is 16.5. The van der Waals surface area contributed by atoms with Crippen LogP contribution in [-0.2, 0) is 4.74 Å². The summed E-state index contributed by atoms with van der Waals surface area (Å²) in [5.74, 6) is 0. The lowest BCUT2D eigenvalue weighted by molar-refractivity contribution is 0.190. The number of hydrogen-bond donors (Lipinski definition) is 1. The number of nitrogens with one attached hydrogen (secondary N) is 1. The molecule has 0 bridgehead atoms. The van der Waals surface area contributed by atoms with Crippen LogP contribution in [-0.4, -0.2) is 19.8 Å². The fourth-order valence-electron chi connectivity index (χ4n) is 1.46.